The van der Waals surface area contributed by atoms with Gasteiger partial charge in [-0.1, -0.05) is 0 Å². The highest BCUT2D eigenvalue weighted by Gasteiger charge is 2.44. The Morgan fingerprint density at radius 3 is 2.60 bits per heavy atom. The molecule has 0 spiro atoms. The molecule has 0 saturated carbocycles. The Balaban J connectivity index is 2.74. The summed E-state index contributed by atoms with van der Waals surface area (Å²) < 4.78 is 5.31. The SMILES string of the molecule is CC(O)C(CC(=O)O)C1(C)CCC(O)O1. The third kappa shape index (κ3) is 2.90. The molecule has 15 heavy (non-hydrogen) atoms. The van der Waals surface area contributed by atoms with E-state index in [1.807, 2.05) is 0 Å². The lowest BCUT2D eigenvalue weighted by molar-refractivity contribution is -0.172. The average Bonchev–Trinajstić information content (AvgIpc) is 2.42. The van der Waals surface area contributed by atoms with Crippen LogP contribution in [-0.4, -0.2) is 39.3 Å². The zero-order valence-electron chi connectivity index (χ0n) is 9.01. The Kier molecular flexibility index (Phi) is 3.70. The van der Waals surface area contributed by atoms with E-state index < -0.39 is 29.9 Å². The molecule has 1 aliphatic heterocycles. The maximum atomic E-state index is 10.7. The number of rotatable bonds is 4. The van der Waals surface area contributed by atoms with Gasteiger partial charge in [-0.25, -0.2) is 0 Å². The van der Waals surface area contributed by atoms with E-state index in [1.54, 1.807) is 13.8 Å². The van der Waals surface area contributed by atoms with Crippen molar-refractivity contribution >= 4 is 5.97 Å². The predicted octanol–water partition coefficient (Wildman–Crippen LogP) is 0.346. The van der Waals surface area contributed by atoms with Gasteiger partial charge in [0.05, 0.1) is 18.1 Å². The van der Waals surface area contributed by atoms with Crippen LogP contribution in [0.2, 0.25) is 0 Å². The Hall–Kier alpha value is -0.650. The highest BCUT2D eigenvalue weighted by Crippen LogP contribution is 2.38. The topological polar surface area (TPSA) is 87.0 Å². The highest BCUT2D eigenvalue weighted by molar-refractivity contribution is 5.67. The molecule has 0 aromatic heterocycles. The fourth-order valence-corrected chi connectivity index (χ4v) is 2.20. The Labute approximate surface area is 88.7 Å². The minimum Gasteiger partial charge on any atom is -0.481 e. The third-order valence-corrected chi connectivity index (χ3v) is 3.05. The van der Waals surface area contributed by atoms with Gasteiger partial charge in [-0.15, -0.1) is 0 Å². The van der Waals surface area contributed by atoms with Gasteiger partial charge in [0, 0.05) is 12.3 Å². The molecule has 0 aliphatic carbocycles. The van der Waals surface area contributed by atoms with Gasteiger partial charge >= 0.3 is 5.97 Å². The van der Waals surface area contributed by atoms with E-state index in [2.05, 4.69) is 0 Å². The summed E-state index contributed by atoms with van der Waals surface area (Å²) in [5.74, 6) is -1.46. The van der Waals surface area contributed by atoms with Crippen molar-refractivity contribution in [2.75, 3.05) is 0 Å². The highest BCUT2D eigenvalue weighted by atomic mass is 16.6. The molecule has 0 aromatic rings. The maximum Gasteiger partial charge on any atom is 0.303 e. The minimum atomic E-state index is -0.966. The van der Waals surface area contributed by atoms with E-state index in [1.165, 1.54) is 0 Å². The van der Waals surface area contributed by atoms with Crippen molar-refractivity contribution in [1.82, 2.24) is 0 Å². The van der Waals surface area contributed by atoms with Crippen molar-refractivity contribution in [2.45, 2.75) is 51.1 Å². The fraction of sp³-hybridized carbons (Fsp3) is 0.900. The lowest BCUT2D eigenvalue weighted by Crippen LogP contribution is -2.42. The van der Waals surface area contributed by atoms with Gasteiger partial charge < -0.3 is 20.1 Å². The molecule has 4 unspecified atom stereocenters. The smallest absolute Gasteiger partial charge is 0.303 e. The van der Waals surface area contributed by atoms with Crippen LogP contribution in [0.1, 0.15) is 33.1 Å². The molecule has 0 amide bonds. The van der Waals surface area contributed by atoms with Crippen LogP contribution in [0.5, 0.6) is 0 Å². The molecule has 5 heteroatoms. The van der Waals surface area contributed by atoms with Gasteiger partial charge in [0.15, 0.2) is 6.29 Å². The number of hydrogen-bond acceptors (Lipinski definition) is 4. The first-order valence-corrected chi connectivity index (χ1v) is 5.11. The average molecular weight is 218 g/mol. The molecule has 0 aromatic carbocycles. The Morgan fingerprint density at radius 1 is 1.67 bits per heavy atom. The largest absolute Gasteiger partial charge is 0.481 e. The molecule has 5 nitrogen and oxygen atoms in total. The van der Waals surface area contributed by atoms with E-state index in [0.717, 1.165) is 0 Å². The molecule has 1 rings (SSSR count). The first-order valence-electron chi connectivity index (χ1n) is 5.11. The van der Waals surface area contributed by atoms with Crippen LogP contribution in [-0.2, 0) is 9.53 Å². The van der Waals surface area contributed by atoms with E-state index in [4.69, 9.17) is 9.84 Å². The third-order valence-electron chi connectivity index (χ3n) is 3.05. The van der Waals surface area contributed by atoms with Gasteiger partial charge in [-0.2, -0.15) is 0 Å². The quantitative estimate of drug-likeness (QED) is 0.633. The monoisotopic (exact) mass is 218 g/mol. The zero-order chi connectivity index (χ0) is 11.6. The van der Waals surface area contributed by atoms with Gasteiger partial charge in [0.1, 0.15) is 0 Å². The summed E-state index contributed by atoms with van der Waals surface area (Å²) in [6, 6.07) is 0. The predicted molar refractivity (Wildman–Crippen MR) is 52.2 cm³/mol. The number of aliphatic hydroxyl groups excluding tert-OH is 2. The summed E-state index contributed by atoms with van der Waals surface area (Å²) in [5.41, 5.74) is -0.744. The summed E-state index contributed by atoms with van der Waals surface area (Å²) >= 11 is 0. The molecule has 0 bridgehead atoms. The summed E-state index contributed by atoms with van der Waals surface area (Å²) in [7, 11) is 0. The lowest BCUT2D eigenvalue weighted by Gasteiger charge is -2.34. The minimum absolute atomic E-state index is 0.152. The van der Waals surface area contributed by atoms with Crippen LogP contribution in [0.15, 0.2) is 0 Å². The van der Waals surface area contributed by atoms with Crippen molar-refractivity contribution in [3.63, 3.8) is 0 Å². The fourth-order valence-electron chi connectivity index (χ4n) is 2.20. The van der Waals surface area contributed by atoms with Crippen molar-refractivity contribution in [1.29, 1.82) is 0 Å². The number of ether oxygens (including phenoxy) is 1. The number of aliphatic hydroxyl groups is 2. The number of aliphatic carboxylic acids is 1. The standard InChI is InChI=1S/C10H18O5/c1-6(11)7(5-8(12)13)10(2)4-3-9(14)15-10/h6-7,9,11,14H,3-5H2,1-2H3,(H,12,13). The van der Waals surface area contributed by atoms with Crippen LogP contribution in [0.3, 0.4) is 0 Å². The van der Waals surface area contributed by atoms with Crippen LogP contribution in [0.25, 0.3) is 0 Å². The molecule has 1 heterocycles. The van der Waals surface area contributed by atoms with E-state index in [0.29, 0.717) is 12.8 Å². The summed E-state index contributed by atoms with van der Waals surface area (Å²) in [4.78, 5) is 10.7. The number of carboxylic acid groups (broad SMARTS) is 1. The van der Waals surface area contributed by atoms with Crippen LogP contribution in [0.4, 0.5) is 0 Å². The Bertz CT molecular complexity index is 240. The molecule has 1 fully saturated rings. The summed E-state index contributed by atoms with van der Waals surface area (Å²) in [6.07, 6.45) is -0.710. The molecule has 0 radical (unpaired) electrons. The normalized spacial score (nSPS) is 35.1. The molecule has 4 atom stereocenters. The van der Waals surface area contributed by atoms with Crippen LogP contribution >= 0.6 is 0 Å². The van der Waals surface area contributed by atoms with Gasteiger partial charge in [0.25, 0.3) is 0 Å². The van der Waals surface area contributed by atoms with Crippen LogP contribution in [0, 0.1) is 5.92 Å². The zero-order valence-corrected chi connectivity index (χ0v) is 9.01. The number of carboxylic acids is 1. The lowest BCUT2D eigenvalue weighted by atomic mass is 9.81. The summed E-state index contributed by atoms with van der Waals surface area (Å²) in [6.45, 7) is 3.29. The van der Waals surface area contributed by atoms with Gasteiger partial charge in [-0.3, -0.25) is 4.79 Å². The molecule has 1 saturated heterocycles. The molecule has 1 aliphatic rings. The number of carbonyl (C=O) groups is 1. The molecule has 3 N–H and O–H groups in total. The van der Waals surface area contributed by atoms with E-state index in [9.17, 15) is 15.0 Å². The van der Waals surface area contributed by atoms with Gasteiger partial charge in [0.2, 0.25) is 0 Å². The Morgan fingerprint density at radius 2 is 2.27 bits per heavy atom. The van der Waals surface area contributed by atoms with E-state index in [-0.39, 0.29) is 6.42 Å². The molecular formula is C10H18O5. The maximum absolute atomic E-state index is 10.7. The van der Waals surface area contributed by atoms with Crippen molar-refractivity contribution < 1.29 is 24.9 Å². The van der Waals surface area contributed by atoms with Crippen molar-refractivity contribution in [3.8, 4) is 0 Å². The van der Waals surface area contributed by atoms with Crippen LogP contribution < -0.4 is 0 Å². The second-order valence-corrected chi connectivity index (χ2v) is 4.37. The van der Waals surface area contributed by atoms with Gasteiger partial charge in [-0.05, 0) is 20.3 Å². The van der Waals surface area contributed by atoms with Crippen molar-refractivity contribution in [2.24, 2.45) is 5.92 Å². The second-order valence-electron chi connectivity index (χ2n) is 4.37. The summed E-state index contributed by atoms with van der Waals surface area (Å²) in [5, 5.41) is 27.6. The van der Waals surface area contributed by atoms with Crippen molar-refractivity contribution in [3.05, 3.63) is 0 Å². The number of hydrogen-bond donors (Lipinski definition) is 3. The molecule has 88 valence electrons. The first-order chi connectivity index (χ1) is 6.85. The second kappa shape index (κ2) is 4.47. The molecular weight excluding hydrogens is 200 g/mol. The van der Waals surface area contributed by atoms with E-state index >= 15 is 0 Å². The first kappa shape index (κ1) is 12.4.